The van der Waals surface area contributed by atoms with Gasteiger partial charge in [0.2, 0.25) is 5.91 Å². The molecular weight excluding hydrogens is 274 g/mol. The fourth-order valence-corrected chi connectivity index (χ4v) is 2.91. The molecule has 0 spiro atoms. The Balaban J connectivity index is 2.51. The number of amides is 1. The molecule has 2 heterocycles. The zero-order chi connectivity index (χ0) is 15.7. The minimum Gasteiger partial charge on any atom is -0.481 e. The van der Waals surface area contributed by atoms with Crippen molar-refractivity contribution in [2.24, 2.45) is 0 Å². The Morgan fingerprint density at radius 2 is 2.10 bits per heavy atom. The molecular formula is C14H19N3O4. The standard InChI is InChI=1S/C14H19N3O4/c1-7(13(19)20)12-8(2)16-14(21)17(9(12)3)10-4-5-11(18)15-6-10/h7,10H,4-6H2,1-3H3,(H,15,18)(H,19,20). The second kappa shape index (κ2) is 5.67. The maximum Gasteiger partial charge on any atom is 0.348 e. The number of nitrogens with zero attached hydrogens (tertiary/aromatic N) is 2. The van der Waals surface area contributed by atoms with Crippen molar-refractivity contribution in [1.29, 1.82) is 0 Å². The van der Waals surface area contributed by atoms with Crippen LogP contribution in [-0.4, -0.2) is 33.1 Å². The van der Waals surface area contributed by atoms with Crippen molar-refractivity contribution in [1.82, 2.24) is 14.9 Å². The van der Waals surface area contributed by atoms with Crippen LogP contribution < -0.4 is 11.0 Å². The molecule has 1 aliphatic heterocycles. The number of hydrogen-bond donors (Lipinski definition) is 2. The van der Waals surface area contributed by atoms with Gasteiger partial charge in [-0.05, 0) is 27.2 Å². The summed E-state index contributed by atoms with van der Waals surface area (Å²) in [6.07, 6.45) is 0.909. The van der Waals surface area contributed by atoms with Crippen LogP contribution >= 0.6 is 0 Å². The summed E-state index contributed by atoms with van der Waals surface area (Å²) < 4.78 is 1.52. The molecule has 2 N–H and O–H groups in total. The number of aryl methyl sites for hydroxylation is 1. The molecule has 21 heavy (non-hydrogen) atoms. The summed E-state index contributed by atoms with van der Waals surface area (Å²) in [4.78, 5) is 38.6. The molecule has 0 radical (unpaired) electrons. The molecule has 1 fully saturated rings. The van der Waals surface area contributed by atoms with E-state index in [1.54, 1.807) is 20.8 Å². The zero-order valence-electron chi connectivity index (χ0n) is 12.3. The lowest BCUT2D eigenvalue weighted by molar-refractivity contribution is -0.138. The van der Waals surface area contributed by atoms with E-state index in [2.05, 4.69) is 10.3 Å². The summed E-state index contributed by atoms with van der Waals surface area (Å²) in [5.41, 5.74) is 1.23. The first-order chi connectivity index (χ1) is 9.82. The molecule has 0 saturated carbocycles. The summed E-state index contributed by atoms with van der Waals surface area (Å²) in [5.74, 6) is -1.72. The normalized spacial score (nSPS) is 20.0. The molecule has 114 valence electrons. The van der Waals surface area contributed by atoms with Crippen LogP contribution in [0, 0.1) is 13.8 Å². The van der Waals surface area contributed by atoms with Gasteiger partial charge in [0.05, 0.1) is 12.0 Å². The van der Waals surface area contributed by atoms with E-state index in [0.717, 1.165) is 0 Å². The van der Waals surface area contributed by atoms with Gasteiger partial charge in [0.15, 0.2) is 0 Å². The van der Waals surface area contributed by atoms with Gasteiger partial charge < -0.3 is 10.4 Å². The summed E-state index contributed by atoms with van der Waals surface area (Å²) in [6.45, 7) is 5.33. The number of aliphatic carboxylic acids is 1. The molecule has 7 heteroatoms. The molecule has 1 aromatic rings. The van der Waals surface area contributed by atoms with Gasteiger partial charge in [-0.3, -0.25) is 14.2 Å². The molecule has 2 unspecified atom stereocenters. The third kappa shape index (κ3) is 2.81. The smallest absolute Gasteiger partial charge is 0.348 e. The summed E-state index contributed by atoms with van der Waals surface area (Å²) in [7, 11) is 0. The minimum absolute atomic E-state index is 0.0313. The molecule has 1 aromatic heterocycles. The van der Waals surface area contributed by atoms with Crippen LogP contribution in [0.2, 0.25) is 0 Å². The molecule has 0 aliphatic carbocycles. The van der Waals surface area contributed by atoms with Crippen LogP contribution in [0.15, 0.2) is 4.79 Å². The van der Waals surface area contributed by atoms with Crippen molar-refractivity contribution in [2.75, 3.05) is 6.54 Å². The lowest BCUT2D eigenvalue weighted by atomic mass is 9.97. The topological polar surface area (TPSA) is 101 Å². The van der Waals surface area contributed by atoms with Gasteiger partial charge in [0, 0.05) is 29.9 Å². The number of carboxylic acids is 1. The summed E-state index contributed by atoms with van der Waals surface area (Å²) >= 11 is 0. The highest BCUT2D eigenvalue weighted by Crippen LogP contribution is 2.25. The molecule has 0 aromatic carbocycles. The lowest BCUT2D eigenvalue weighted by Crippen LogP contribution is -2.41. The second-order valence-electron chi connectivity index (χ2n) is 5.41. The van der Waals surface area contributed by atoms with Crippen molar-refractivity contribution in [3.8, 4) is 0 Å². The maximum absolute atomic E-state index is 12.2. The second-order valence-corrected chi connectivity index (χ2v) is 5.41. The van der Waals surface area contributed by atoms with E-state index < -0.39 is 17.6 Å². The number of aromatic nitrogens is 2. The van der Waals surface area contributed by atoms with E-state index in [-0.39, 0.29) is 11.9 Å². The molecule has 7 nitrogen and oxygen atoms in total. The molecule has 1 amide bonds. The third-order valence-electron chi connectivity index (χ3n) is 4.02. The van der Waals surface area contributed by atoms with Crippen molar-refractivity contribution >= 4 is 11.9 Å². The molecule has 0 bridgehead atoms. The predicted molar refractivity (Wildman–Crippen MR) is 75.3 cm³/mol. The van der Waals surface area contributed by atoms with E-state index in [9.17, 15) is 19.5 Å². The first-order valence-electron chi connectivity index (χ1n) is 6.92. The number of piperidine rings is 1. The number of hydrogen-bond acceptors (Lipinski definition) is 4. The van der Waals surface area contributed by atoms with Crippen molar-refractivity contribution in [2.45, 2.75) is 45.6 Å². The average molecular weight is 293 g/mol. The minimum atomic E-state index is -0.954. The molecule has 2 atom stereocenters. The Kier molecular flexibility index (Phi) is 4.11. The van der Waals surface area contributed by atoms with Crippen LogP contribution in [0.25, 0.3) is 0 Å². The molecule has 1 saturated heterocycles. The maximum atomic E-state index is 12.2. The Hall–Kier alpha value is -2.18. The number of carboxylic acid groups (broad SMARTS) is 1. The van der Waals surface area contributed by atoms with Crippen LogP contribution in [0.1, 0.15) is 48.7 Å². The SMILES string of the molecule is Cc1nc(=O)n(C2CCC(=O)NC2)c(C)c1C(C)C(=O)O. The van der Waals surface area contributed by atoms with Gasteiger partial charge in [-0.25, -0.2) is 4.79 Å². The van der Waals surface area contributed by atoms with Gasteiger partial charge >= 0.3 is 11.7 Å². The fourth-order valence-electron chi connectivity index (χ4n) is 2.91. The Bertz CT molecular complexity index is 640. The average Bonchev–Trinajstić information content (AvgIpc) is 2.40. The quantitative estimate of drug-likeness (QED) is 0.845. The number of carbonyl (C=O) groups excluding carboxylic acids is 1. The van der Waals surface area contributed by atoms with Gasteiger partial charge in [-0.15, -0.1) is 0 Å². The monoisotopic (exact) mass is 293 g/mol. The van der Waals surface area contributed by atoms with Gasteiger partial charge in [-0.1, -0.05) is 0 Å². The Morgan fingerprint density at radius 3 is 2.62 bits per heavy atom. The number of rotatable bonds is 3. The number of nitrogens with one attached hydrogen (secondary N) is 1. The van der Waals surface area contributed by atoms with Gasteiger partial charge in [0.1, 0.15) is 0 Å². The van der Waals surface area contributed by atoms with Crippen LogP contribution in [-0.2, 0) is 9.59 Å². The van der Waals surface area contributed by atoms with Crippen LogP contribution in [0.5, 0.6) is 0 Å². The molecule has 1 aliphatic rings. The molecule has 2 rings (SSSR count). The Labute approximate surface area is 122 Å². The third-order valence-corrected chi connectivity index (χ3v) is 4.02. The van der Waals surface area contributed by atoms with E-state index in [0.29, 0.717) is 36.3 Å². The first kappa shape index (κ1) is 15.2. The fraction of sp³-hybridized carbons (Fsp3) is 0.571. The zero-order valence-corrected chi connectivity index (χ0v) is 12.3. The van der Waals surface area contributed by atoms with Crippen molar-refractivity contribution < 1.29 is 14.7 Å². The summed E-state index contributed by atoms with van der Waals surface area (Å²) in [5, 5.41) is 11.9. The van der Waals surface area contributed by atoms with Crippen molar-refractivity contribution in [3.63, 3.8) is 0 Å². The van der Waals surface area contributed by atoms with Crippen molar-refractivity contribution in [3.05, 3.63) is 27.4 Å². The first-order valence-corrected chi connectivity index (χ1v) is 6.92. The highest BCUT2D eigenvalue weighted by atomic mass is 16.4. The number of carbonyl (C=O) groups is 2. The van der Waals surface area contributed by atoms with E-state index in [1.807, 2.05) is 0 Å². The van der Waals surface area contributed by atoms with Gasteiger partial charge in [0.25, 0.3) is 0 Å². The summed E-state index contributed by atoms with van der Waals surface area (Å²) in [6, 6.07) is -0.178. The van der Waals surface area contributed by atoms with E-state index in [4.69, 9.17) is 0 Å². The van der Waals surface area contributed by atoms with Crippen LogP contribution in [0.3, 0.4) is 0 Å². The van der Waals surface area contributed by atoms with E-state index in [1.165, 1.54) is 4.57 Å². The van der Waals surface area contributed by atoms with E-state index >= 15 is 0 Å². The Morgan fingerprint density at radius 1 is 1.43 bits per heavy atom. The van der Waals surface area contributed by atoms with Gasteiger partial charge in [-0.2, -0.15) is 4.98 Å². The lowest BCUT2D eigenvalue weighted by Gasteiger charge is -2.27. The largest absolute Gasteiger partial charge is 0.481 e. The van der Waals surface area contributed by atoms with Crippen LogP contribution in [0.4, 0.5) is 0 Å². The highest BCUT2D eigenvalue weighted by molar-refractivity contribution is 5.77. The highest BCUT2D eigenvalue weighted by Gasteiger charge is 2.27. The predicted octanol–water partition coefficient (Wildman–Crippen LogP) is 0.499.